The molecule has 0 aliphatic rings. The lowest BCUT2D eigenvalue weighted by Gasteiger charge is -2.03. The minimum Gasteiger partial charge on any atom is -0.359 e. The van der Waals surface area contributed by atoms with E-state index in [9.17, 15) is 4.79 Å². The molecule has 2 heterocycles. The van der Waals surface area contributed by atoms with Crippen molar-refractivity contribution in [3.8, 4) is 0 Å². The van der Waals surface area contributed by atoms with E-state index in [2.05, 4.69) is 9.97 Å². The van der Waals surface area contributed by atoms with E-state index < -0.39 is 0 Å². The Bertz CT molecular complexity index is 749. The van der Waals surface area contributed by atoms with Crippen LogP contribution in [-0.4, -0.2) is 9.97 Å². The molecule has 4 heteroatoms. The fraction of sp³-hybridized carbons (Fsp3) is 0. The van der Waals surface area contributed by atoms with Crippen LogP contribution >= 0.6 is 11.6 Å². The number of H-pyrrole nitrogens is 1. The Morgan fingerprint density at radius 1 is 1.12 bits per heavy atom. The summed E-state index contributed by atoms with van der Waals surface area (Å²) in [5.41, 5.74) is 1.44. The first-order valence-electron chi connectivity index (χ1n) is 4.82. The third-order valence-corrected chi connectivity index (χ3v) is 2.92. The number of pyridine rings is 2. The molecule has 0 spiro atoms. The first-order valence-corrected chi connectivity index (χ1v) is 5.20. The predicted octanol–water partition coefficient (Wildman–Crippen LogP) is 2.73. The van der Waals surface area contributed by atoms with Gasteiger partial charge in [-0.15, -0.1) is 0 Å². The van der Waals surface area contributed by atoms with Crippen molar-refractivity contribution in [2.75, 3.05) is 0 Å². The van der Waals surface area contributed by atoms with Crippen molar-refractivity contribution in [3.05, 3.63) is 51.9 Å². The van der Waals surface area contributed by atoms with Gasteiger partial charge in [-0.25, -0.2) is 0 Å². The summed E-state index contributed by atoms with van der Waals surface area (Å²) >= 11 is 6.07. The molecule has 3 aromatic rings. The fourth-order valence-electron chi connectivity index (χ4n) is 1.83. The maximum Gasteiger partial charge on any atom is 0.189 e. The number of aromatic amines is 1. The third kappa shape index (κ3) is 1.22. The molecule has 16 heavy (non-hydrogen) atoms. The topological polar surface area (TPSA) is 45.8 Å². The van der Waals surface area contributed by atoms with Crippen molar-refractivity contribution < 1.29 is 0 Å². The summed E-state index contributed by atoms with van der Waals surface area (Å²) in [7, 11) is 0. The summed E-state index contributed by atoms with van der Waals surface area (Å²) in [6.07, 6.45) is 3.25. The van der Waals surface area contributed by atoms with Crippen molar-refractivity contribution in [1.29, 1.82) is 0 Å². The molecule has 3 rings (SSSR count). The lowest BCUT2D eigenvalue weighted by molar-refractivity contribution is 1.36. The number of aromatic nitrogens is 2. The van der Waals surface area contributed by atoms with Gasteiger partial charge >= 0.3 is 0 Å². The second-order valence-corrected chi connectivity index (χ2v) is 3.93. The summed E-state index contributed by atoms with van der Waals surface area (Å²) in [5.74, 6) is 0. The Kier molecular flexibility index (Phi) is 1.94. The van der Waals surface area contributed by atoms with Crippen molar-refractivity contribution in [2.24, 2.45) is 0 Å². The lowest BCUT2D eigenvalue weighted by Crippen LogP contribution is -2.00. The summed E-state index contributed by atoms with van der Waals surface area (Å²) < 4.78 is 0. The van der Waals surface area contributed by atoms with Crippen LogP contribution < -0.4 is 5.43 Å². The molecule has 3 nitrogen and oxygen atoms in total. The SMILES string of the molecule is O=c1cc[nH]c2c1ccc1c(Cl)ccnc12. The monoisotopic (exact) mass is 230 g/mol. The largest absolute Gasteiger partial charge is 0.359 e. The number of nitrogens with one attached hydrogen (secondary N) is 1. The highest BCUT2D eigenvalue weighted by molar-refractivity contribution is 6.36. The highest BCUT2D eigenvalue weighted by Gasteiger charge is 2.06. The van der Waals surface area contributed by atoms with Gasteiger partial charge in [0.2, 0.25) is 0 Å². The van der Waals surface area contributed by atoms with E-state index in [1.165, 1.54) is 6.07 Å². The molecule has 0 radical (unpaired) electrons. The average molecular weight is 231 g/mol. The summed E-state index contributed by atoms with van der Waals surface area (Å²) in [4.78, 5) is 18.9. The van der Waals surface area contributed by atoms with Crippen LogP contribution in [0.3, 0.4) is 0 Å². The van der Waals surface area contributed by atoms with Crippen LogP contribution in [0.25, 0.3) is 21.8 Å². The van der Waals surface area contributed by atoms with Crippen LogP contribution in [0.4, 0.5) is 0 Å². The summed E-state index contributed by atoms with van der Waals surface area (Å²) in [6.45, 7) is 0. The van der Waals surface area contributed by atoms with Crippen molar-refractivity contribution in [2.45, 2.75) is 0 Å². The van der Waals surface area contributed by atoms with E-state index in [0.717, 1.165) is 16.4 Å². The fourth-order valence-corrected chi connectivity index (χ4v) is 2.04. The zero-order chi connectivity index (χ0) is 11.1. The Hall–Kier alpha value is -1.87. The minimum atomic E-state index is -0.0163. The molecule has 0 saturated carbocycles. The Balaban J connectivity index is 2.66. The number of nitrogens with zero attached hydrogens (tertiary/aromatic N) is 1. The van der Waals surface area contributed by atoms with Crippen molar-refractivity contribution in [1.82, 2.24) is 9.97 Å². The maximum absolute atomic E-state index is 11.6. The summed E-state index contributed by atoms with van der Waals surface area (Å²) in [6, 6.07) is 6.82. The van der Waals surface area contributed by atoms with Gasteiger partial charge in [0.1, 0.15) is 0 Å². The molecule has 1 N–H and O–H groups in total. The van der Waals surface area contributed by atoms with Crippen LogP contribution in [0.1, 0.15) is 0 Å². The molecule has 1 aromatic carbocycles. The molecule has 0 fully saturated rings. The molecule has 0 saturated heterocycles. The Labute approximate surface area is 95.7 Å². The van der Waals surface area contributed by atoms with E-state index in [1.54, 1.807) is 24.5 Å². The Morgan fingerprint density at radius 3 is 2.81 bits per heavy atom. The lowest BCUT2D eigenvalue weighted by atomic mass is 10.1. The first-order chi connectivity index (χ1) is 7.77. The molecule has 0 aliphatic carbocycles. The highest BCUT2D eigenvalue weighted by atomic mass is 35.5. The zero-order valence-electron chi connectivity index (χ0n) is 8.20. The van der Waals surface area contributed by atoms with Crippen LogP contribution in [0.15, 0.2) is 41.5 Å². The minimum absolute atomic E-state index is 0.0163. The van der Waals surface area contributed by atoms with E-state index in [4.69, 9.17) is 11.6 Å². The standard InChI is InChI=1S/C12H7ClN2O/c13-9-3-5-14-11-7(9)1-2-8-10(16)4-6-15-12(8)11/h1-6H,(H,15,16). The molecule has 78 valence electrons. The number of fused-ring (bicyclic) bond motifs is 3. The van der Waals surface area contributed by atoms with Gasteiger partial charge in [-0.1, -0.05) is 17.7 Å². The maximum atomic E-state index is 11.6. The Morgan fingerprint density at radius 2 is 1.94 bits per heavy atom. The van der Waals surface area contributed by atoms with Gasteiger partial charge in [0, 0.05) is 29.2 Å². The van der Waals surface area contributed by atoms with Crippen molar-refractivity contribution in [3.63, 3.8) is 0 Å². The molecule has 0 unspecified atom stereocenters. The number of benzene rings is 1. The van der Waals surface area contributed by atoms with Crippen LogP contribution in [0.5, 0.6) is 0 Å². The highest BCUT2D eigenvalue weighted by Crippen LogP contribution is 2.25. The smallest absolute Gasteiger partial charge is 0.189 e. The predicted molar refractivity (Wildman–Crippen MR) is 64.9 cm³/mol. The summed E-state index contributed by atoms with van der Waals surface area (Å²) in [5, 5.41) is 2.11. The quantitative estimate of drug-likeness (QED) is 0.604. The van der Waals surface area contributed by atoms with Gasteiger partial charge < -0.3 is 4.98 Å². The normalized spacial score (nSPS) is 11.1. The second kappa shape index (κ2) is 3.32. The van der Waals surface area contributed by atoms with Crippen molar-refractivity contribution >= 4 is 33.4 Å². The van der Waals surface area contributed by atoms with Gasteiger partial charge in [0.15, 0.2) is 5.43 Å². The van der Waals surface area contributed by atoms with Gasteiger partial charge in [0.05, 0.1) is 16.1 Å². The van der Waals surface area contributed by atoms with Gasteiger partial charge in [0.25, 0.3) is 0 Å². The molecule has 0 aliphatic heterocycles. The van der Waals surface area contributed by atoms with Gasteiger partial charge in [-0.3, -0.25) is 9.78 Å². The zero-order valence-corrected chi connectivity index (χ0v) is 8.95. The molecule has 2 aromatic heterocycles. The van der Waals surface area contributed by atoms with Gasteiger partial charge in [-0.05, 0) is 12.1 Å². The van der Waals surface area contributed by atoms with Crippen LogP contribution in [0, 0.1) is 0 Å². The van der Waals surface area contributed by atoms with E-state index >= 15 is 0 Å². The van der Waals surface area contributed by atoms with Crippen LogP contribution in [0.2, 0.25) is 5.02 Å². The number of rotatable bonds is 0. The first kappa shape index (κ1) is 9.36. The number of hydrogen-bond donors (Lipinski definition) is 1. The molecular weight excluding hydrogens is 224 g/mol. The van der Waals surface area contributed by atoms with Crippen LogP contribution in [-0.2, 0) is 0 Å². The molecule has 0 atom stereocenters. The third-order valence-electron chi connectivity index (χ3n) is 2.59. The van der Waals surface area contributed by atoms with Gasteiger partial charge in [-0.2, -0.15) is 0 Å². The number of hydrogen-bond acceptors (Lipinski definition) is 2. The second-order valence-electron chi connectivity index (χ2n) is 3.52. The average Bonchev–Trinajstić information content (AvgIpc) is 2.30. The molecule has 0 bridgehead atoms. The van der Waals surface area contributed by atoms with E-state index in [-0.39, 0.29) is 5.43 Å². The molecular formula is C12H7ClN2O. The van der Waals surface area contributed by atoms with E-state index in [1.807, 2.05) is 6.07 Å². The molecule has 0 amide bonds. The van der Waals surface area contributed by atoms with E-state index in [0.29, 0.717) is 10.4 Å². The number of halogens is 1.